The molecule has 0 aromatic heterocycles. The van der Waals surface area contributed by atoms with Gasteiger partial charge in [-0.05, 0) is 49.4 Å². The predicted molar refractivity (Wildman–Crippen MR) is 122 cm³/mol. The van der Waals surface area contributed by atoms with Gasteiger partial charge in [-0.25, -0.2) is 5.01 Å². The van der Waals surface area contributed by atoms with E-state index in [-0.39, 0.29) is 22.7 Å². The number of carbonyl (C=O) groups excluding carboxylic acids is 4. The van der Waals surface area contributed by atoms with Crippen molar-refractivity contribution < 1.29 is 24.1 Å². The largest absolute Gasteiger partial charge is 0.292 e. The van der Waals surface area contributed by atoms with Crippen LogP contribution in [0.2, 0.25) is 5.02 Å². The first-order valence-electron chi connectivity index (χ1n) is 10.9. The summed E-state index contributed by atoms with van der Waals surface area (Å²) in [6.07, 6.45) is 1.87. The van der Waals surface area contributed by atoms with Crippen LogP contribution in [0.5, 0.6) is 0 Å². The number of benzene rings is 2. The molecule has 9 nitrogen and oxygen atoms in total. The number of fused-ring (bicyclic) bond motifs is 1. The summed E-state index contributed by atoms with van der Waals surface area (Å²) in [4.78, 5) is 63.5. The summed E-state index contributed by atoms with van der Waals surface area (Å²) in [7, 11) is 0. The van der Waals surface area contributed by atoms with Crippen LogP contribution in [-0.2, 0) is 9.59 Å². The van der Waals surface area contributed by atoms with Crippen molar-refractivity contribution in [2.45, 2.75) is 26.2 Å². The number of imide groups is 1. The van der Waals surface area contributed by atoms with E-state index in [1.165, 1.54) is 42.5 Å². The van der Waals surface area contributed by atoms with Gasteiger partial charge < -0.3 is 0 Å². The fraction of sp³-hybridized carbons (Fsp3) is 0.333. The number of Topliss-reactive ketones (excluding diaryl/α,β-unsaturated/α-hetero) is 1. The van der Waals surface area contributed by atoms with E-state index in [1.807, 2.05) is 6.92 Å². The highest BCUT2D eigenvalue weighted by Crippen LogP contribution is 2.41. The second-order valence-electron chi connectivity index (χ2n) is 8.72. The second kappa shape index (κ2) is 9.34. The topological polar surface area (TPSA) is 118 Å². The van der Waals surface area contributed by atoms with E-state index in [0.29, 0.717) is 17.9 Å². The normalized spacial score (nSPS) is 21.8. The van der Waals surface area contributed by atoms with Gasteiger partial charge in [0.15, 0.2) is 5.78 Å². The van der Waals surface area contributed by atoms with E-state index < -0.39 is 46.8 Å². The van der Waals surface area contributed by atoms with Gasteiger partial charge in [-0.2, -0.15) is 5.01 Å². The Morgan fingerprint density at radius 2 is 1.74 bits per heavy atom. The SMILES string of the molecule is C[C@@H]1CC[C@H]2C(=O)N(N(CC(=O)c3cccc([N+](=O)[O-])c3)C(=O)c3ccc(Cl)cc3)C(=O)[C@@H]2C1. The molecule has 2 aromatic carbocycles. The molecule has 2 aliphatic rings. The molecule has 4 rings (SSSR count). The fourth-order valence-electron chi connectivity index (χ4n) is 4.61. The number of nitrogens with zero attached hydrogens (tertiary/aromatic N) is 3. The van der Waals surface area contributed by atoms with Crippen LogP contribution < -0.4 is 0 Å². The summed E-state index contributed by atoms with van der Waals surface area (Å²) in [5, 5.41) is 13.2. The minimum absolute atomic E-state index is 0.00626. The standard InChI is InChI=1S/C24H22ClN3O6/c1-14-5-10-19-20(11-14)24(32)27(23(19)31)26(22(30)15-6-8-17(25)9-7-15)13-21(29)16-3-2-4-18(12-16)28(33)34/h2-4,6-9,12,14,19-20H,5,10-11,13H2,1H3/t14-,19-,20-/m1/s1. The Kier molecular flexibility index (Phi) is 6.47. The number of amides is 3. The zero-order chi connectivity index (χ0) is 24.6. The van der Waals surface area contributed by atoms with Crippen LogP contribution in [0, 0.1) is 27.9 Å². The summed E-state index contributed by atoms with van der Waals surface area (Å²) in [5.41, 5.74) is -0.150. The van der Waals surface area contributed by atoms with Gasteiger partial charge in [-0.15, -0.1) is 0 Å². The van der Waals surface area contributed by atoms with Crippen molar-refractivity contribution in [3.63, 3.8) is 0 Å². The molecule has 0 unspecified atom stereocenters. The Morgan fingerprint density at radius 3 is 2.41 bits per heavy atom. The van der Waals surface area contributed by atoms with Crippen LogP contribution in [0.3, 0.4) is 0 Å². The van der Waals surface area contributed by atoms with Crippen LogP contribution in [0.15, 0.2) is 48.5 Å². The molecular formula is C24H22ClN3O6. The number of hydrazine groups is 1. The van der Waals surface area contributed by atoms with E-state index in [1.54, 1.807) is 0 Å². The van der Waals surface area contributed by atoms with Gasteiger partial charge in [0, 0.05) is 28.3 Å². The van der Waals surface area contributed by atoms with Crippen molar-refractivity contribution in [2.24, 2.45) is 17.8 Å². The van der Waals surface area contributed by atoms with Gasteiger partial charge in [-0.1, -0.05) is 30.7 Å². The second-order valence-corrected chi connectivity index (χ2v) is 9.16. The molecule has 0 radical (unpaired) electrons. The summed E-state index contributed by atoms with van der Waals surface area (Å²) >= 11 is 5.92. The average Bonchev–Trinajstić information content (AvgIpc) is 3.06. The van der Waals surface area contributed by atoms with E-state index >= 15 is 0 Å². The van der Waals surface area contributed by atoms with Crippen molar-refractivity contribution >= 4 is 40.8 Å². The number of carbonyl (C=O) groups is 4. The Labute approximate surface area is 200 Å². The van der Waals surface area contributed by atoms with Crippen molar-refractivity contribution in [1.29, 1.82) is 0 Å². The van der Waals surface area contributed by atoms with E-state index in [0.717, 1.165) is 22.5 Å². The zero-order valence-corrected chi connectivity index (χ0v) is 19.1. The van der Waals surface area contributed by atoms with Crippen LogP contribution >= 0.6 is 11.6 Å². The maximum atomic E-state index is 13.4. The van der Waals surface area contributed by atoms with Crippen molar-refractivity contribution in [2.75, 3.05) is 6.54 Å². The first-order chi connectivity index (χ1) is 16.2. The third-order valence-electron chi connectivity index (χ3n) is 6.40. The predicted octanol–water partition coefficient (Wildman–Crippen LogP) is 3.91. The van der Waals surface area contributed by atoms with E-state index in [4.69, 9.17) is 11.6 Å². The highest BCUT2D eigenvalue weighted by Gasteiger charge is 2.52. The molecule has 1 heterocycles. The van der Waals surface area contributed by atoms with Gasteiger partial charge in [0.25, 0.3) is 23.4 Å². The maximum absolute atomic E-state index is 13.4. The van der Waals surface area contributed by atoms with Gasteiger partial charge in [0.05, 0.1) is 16.8 Å². The van der Waals surface area contributed by atoms with Gasteiger partial charge in [-0.3, -0.25) is 29.3 Å². The van der Waals surface area contributed by atoms with Gasteiger partial charge >= 0.3 is 0 Å². The molecule has 3 amide bonds. The lowest BCUT2D eigenvalue weighted by Crippen LogP contribution is -2.52. The molecular weight excluding hydrogens is 462 g/mol. The summed E-state index contributed by atoms with van der Waals surface area (Å²) in [5.74, 6) is -3.17. The third-order valence-corrected chi connectivity index (χ3v) is 6.66. The average molecular weight is 484 g/mol. The molecule has 0 bridgehead atoms. The van der Waals surface area contributed by atoms with Crippen molar-refractivity contribution in [1.82, 2.24) is 10.0 Å². The van der Waals surface area contributed by atoms with E-state index in [9.17, 15) is 29.3 Å². The highest BCUT2D eigenvalue weighted by molar-refractivity contribution is 6.30. The molecule has 10 heteroatoms. The number of nitro groups is 1. The maximum Gasteiger partial charge on any atom is 0.273 e. The Balaban J connectivity index is 1.69. The van der Waals surface area contributed by atoms with Crippen molar-refractivity contribution in [3.8, 4) is 0 Å². The van der Waals surface area contributed by atoms with Crippen molar-refractivity contribution in [3.05, 3.63) is 74.8 Å². The van der Waals surface area contributed by atoms with Gasteiger partial charge in [0.1, 0.15) is 6.54 Å². The minimum atomic E-state index is -0.719. The number of non-ortho nitro benzene ring substituents is 1. The molecule has 2 aromatic rings. The fourth-order valence-corrected chi connectivity index (χ4v) is 4.73. The monoisotopic (exact) mass is 483 g/mol. The van der Waals surface area contributed by atoms with Crippen LogP contribution in [0.1, 0.15) is 46.9 Å². The summed E-state index contributed by atoms with van der Waals surface area (Å²) in [6.45, 7) is 1.38. The molecule has 1 aliphatic heterocycles. The molecule has 1 saturated carbocycles. The number of ketones is 1. The Hall–Kier alpha value is -3.59. The highest BCUT2D eigenvalue weighted by atomic mass is 35.5. The lowest BCUT2D eigenvalue weighted by molar-refractivity contribution is -0.384. The van der Waals surface area contributed by atoms with E-state index in [2.05, 4.69) is 0 Å². The Bertz CT molecular complexity index is 1180. The molecule has 176 valence electrons. The van der Waals surface area contributed by atoms with Crippen LogP contribution in [0.25, 0.3) is 0 Å². The quantitative estimate of drug-likeness (QED) is 0.266. The van der Waals surface area contributed by atoms with Crippen LogP contribution in [-0.4, -0.2) is 45.0 Å². The number of hydrogen-bond acceptors (Lipinski definition) is 6. The zero-order valence-electron chi connectivity index (χ0n) is 18.3. The first kappa shape index (κ1) is 23.6. The van der Waals surface area contributed by atoms with Gasteiger partial charge in [0.2, 0.25) is 0 Å². The molecule has 1 saturated heterocycles. The molecule has 2 fully saturated rings. The lowest BCUT2D eigenvalue weighted by atomic mass is 9.76. The number of hydrogen-bond donors (Lipinski definition) is 0. The van der Waals surface area contributed by atoms with Crippen LogP contribution in [0.4, 0.5) is 5.69 Å². The molecule has 0 N–H and O–H groups in total. The molecule has 34 heavy (non-hydrogen) atoms. The summed E-state index contributed by atoms with van der Waals surface area (Å²) in [6, 6.07) is 10.9. The Morgan fingerprint density at radius 1 is 1.06 bits per heavy atom. The first-order valence-corrected chi connectivity index (χ1v) is 11.3. The molecule has 1 aliphatic carbocycles. The summed E-state index contributed by atoms with van der Waals surface area (Å²) < 4.78 is 0. The smallest absolute Gasteiger partial charge is 0.273 e. The third kappa shape index (κ3) is 4.43. The number of halogens is 1. The number of nitro benzene ring substituents is 1. The number of rotatable bonds is 6. The molecule has 0 spiro atoms. The molecule has 3 atom stereocenters. The lowest BCUT2D eigenvalue weighted by Gasteiger charge is -2.30. The minimum Gasteiger partial charge on any atom is -0.292 e.